The zero-order valence-corrected chi connectivity index (χ0v) is 75.1. The predicted octanol–water partition coefficient (Wildman–Crippen LogP) is 12.3. The monoisotopic (exact) mass is 1910 g/mol. The quantitative estimate of drug-likeness (QED) is 0.00428. The van der Waals surface area contributed by atoms with Crippen LogP contribution in [0.15, 0.2) is 90.5 Å². The minimum atomic E-state index is -1.67. The summed E-state index contributed by atoms with van der Waals surface area (Å²) in [6, 6.07) is 17.0. The van der Waals surface area contributed by atoms with Crippen molar-refractivity contribution in [2.24, 2.45) is 45.8 Å². The number of esters is 1. The van der Waals surface area contributed by atoms with Crippen molar-refractivity contribution in [1.29, 1.82) is 0 Å². The number of ether oxygens (including phenoxy) is 1. The Labute approximate surface area is 767 Å². The van der Waals surface area contributed by atoms with Crippen molar-refractivity contribution < 1.29 is 208 Å². The Kier molecular flexibility index (Phi) is 62.2. The fourth-order valence-electron chi connectivity index (χ4n) is 12.7. The van der Waals surface area contributed by atoms with Crippen molar-refractivity contribution in [3.05, 3.63) is 102 Å². The summed E-state index contributed by atoms with van der Waals surface area (Å²) in [5, 5.41) is 170. The molecule has 2 unspecified atom stereocenters. The van der Waals surface area contributed by atoms with E-state index in [0.29, 0.717) is 38.5 Å². The Morgan fingerprint density at radius 1 is 0.417 bits per heavy atom. The van der Waals surface area contributed by atoms with Crippen LogP contribution in [-0.2, 0) is 105 Å². The maximum atomic E-state index is 10.8. The van der Waals surface area contributed by atoms with E-state index in [0.717, 1.165) is 103 Å². The number of fused-ring (bicyclic) bond motifs is 2. The van der Waals surface area contributed by atoms with Gasteiger partial charge in [0.05, 0.1) is 33.8 Å². The number of aliphatic carboxylic acids is 20. The van der Waals surface area contributed by atoms with E-state index in [1.54, 1.807) is 38.1 Å². The summed E-state index contributed by atoms with van der Waals surface area (Å²) < 4.78 is 4.09. The van der Waals surface area contributed by atoms with Gasteiger partial charge in [-0.15, -0.1) is 23.5 Å². The number of hydrogen-bond acceptors (Lipinski definition) is 24. The van der Waals surface area contributed by atoms with Gasteiger partial charge in [-0.25, -0.2) is 14.4 Å². The molecule has 5 aliphatic rings. The summed E-state index contributed by atoms with van der Waals surface area (Å²) in [7, 11) is 0. The SMILES string of the molecule is CC(C)(C(=O)O)C(=O)O.CCC(CC)(C(=O)O)C(=O)O.O=C(O)C(=C/C=C/c1ccccc1)C(=O)O.O=C(O)C(C(=O)O)c1ccccc1.O=C(O)C1(C(=O)O)CCC1.O=C(O)CCCCCCC(=O)O.O=C(O)CCCCCCCCCCCCCCC(=O)O.O=C(O)CSC1(SCC(=O)O)CCCCC1.O=C(O)[C@@H]1[C@H](C(=O)O)[C@@H]2C=C[C@H]1C2.O=C1CC(C(=O)O)C(C(=O)O)O1. The molecular weight excluding hydrogens is 1790 g/mol. The molecule has 2 aromatic rings. The second-order valence-corrected chi connectivity index (χ2v) is 33.8. The number of carboxylic acid groups (broad SMARTS) is 20. The average molecular weight is 1920 g/mol. The summed E-state index contributed by atoms with van der Waals surface area (Å²) in [6.45, 7) is 5.40. The Morgan fingerprint density at radius 3 is 0.985 bits per heavy atom. The van der Waals surface area contributed by atoms with E-state index < -0.39 is 177 Å². The van der Waals surface area contributed by atoms with Crippen molar-refractivity contribution in [2.75, 3.05) is 11.5 Å². The van der Waals surface area contributed by atoms with Crippen molar-refractivity contribution in [2.45, 2.75) is 249 Å². The second kappa shape index (κ2) is 66.6. The molecule has 44 heteroatoms. The highest BCUT2D eigenvalue weighted by atomic mass is 32.2. The highest BCUT2D eigenvalue weighted by Gasteiger charge is 2.53. The Hall–Kier alpha value is -12.8. The van der Waals surface area contributed by atoms with Gasteiger partial charge in [-0.1, -0.05) is 195 Å². The van der Waals surface area contributed by atoms with Crippen molar-refractivity contribution in [3.63, 3.8) is 0 Å². The number of carboxylic acids is 20. The topological polar surface area (TPSA) is 772 Å². The number of unbranched alkanes of at least 4 members (excludes halogenated alkanes) is 14. The van der Waals surface area contributed by atoms with Crippen LogP contribution in [0.4, 0.5) is 0 Å². The molecule has 3 saturated carbocycles. The Morgan fingerprint density at radius 2 is 0.758 bits per heavy atom. The van der Waals surface area contributed by atoms with Crippen LogP contribution < -0.4 is 0 Å². The molecule has 0 aromatic heterocycles. The van der Waals surface area contributed by atoms with Gasteiger partial charge in [-0.05, 0) is 120 Å². The van der Waals surface area contributed by atoms with Crippen LogP contribution >= 0.6 is 23.5 Å². The molecule has 4 fully saturated rings. The van der Waals surface area contributed by atoms with Gasteiger partial charge in [-0.2, -0.15) is 0 Å². The summed E-state index contributed by atoms with van der Waals surface area (Å²) in [6.07, 6.45) is 30.6. The number of benzene rings is 2. The molecule has 6 atom stereocenters. The highest BCUT2D eigenvalue weighted by Crippen LogP contribution is 2.49. The lowest BCUT2D eigenvalue weighted by molar-refractivity contribution is -0.172. The molecule has 1 saturated heterocycles. The molecular formula is C88H122O42S2. The fraction of sp³-hybridized carbons (Fsp3) is 0.557. The lowest BCUT2D eigenvalue weighted by Crippen LogP contribution is -2.44. The van der Waals surface area contributed by atoms with E-state index in [4.69, 9.17) is 102 Å². The predicted molar refractivity (Wildman–Crippen MR) is 467 cm³/mol. The third-order valence-corrected chi connectivity index (χ3v) is 24.1. The first kappa shape index (κ1) is 123. The lowest BCUT2D eigenvalue weighted by atomic mass is 9.69. The van der Waals surface area contributed by atoms with Gasteiger partial charge in [0.15, 0.2) is 22.2 Å². The first-order valence-electron chi connectivity index (χ1n) is 41.8. The van der Waals surface area contributed by atoms with Crippen molar-refractivity contribution >= 4 is 155 Å². The minimum absolute atomic E-state index is 0.0621. The third-order valence-electron chi connectivity index (χ3n) is 20.8. The third kappa shape index (κ3) is 51.0. The molecule has 0 radical (unpaired) electrons. The van der Waals surface area contributed by atoms with E-state index >= 15 is 0 Å². The van der Waals surface area contributed by atoms with Gasteiger partial charge in [0.2, 0.25) is 6.10 Å². The maximum Gasteiger partial charge on any atom is 0.345 e. The maximum absolute atomic E-state index is 10.8. The molecule has 2 bridgehead atoms. The van der Waals surface area contributed by atoms with E-state index in [9.17, 15) is 101 Å². The van der Waals surface area contributed by atoms with Gasteiger partial charge in [-0.3, -0.25) is 86.3 Å². The van der Waals surface area contributed by atoms with E-state index in [1.807, 2.05) is 42.5 Å². The van der Waals surface area contributed by atoms with E-state index in [-0.39, 0.29) is 77.9 Å². The number of allylic oxidation sites excluding steroid dienone is 4. The van der Waals surface area contributed by atoms with Gasteiger partial charge in [0, 0.05) is 25.7 Å². The first-order chi connectivity index (χ1) is 61.6. The standard InChI is InChI=1S/C16H30O4.C12H10O4.C10H16O4S2.C9H10O4.C9H8O4.C8H14O4.C7H12O4.C6H6O6.C6H8O4.C5H8O4/c17-15(18)13-11-9-7-5-3-1-2-4-6-8-10-12-14-16(19)20;13-11(14)10(12(15)16)8-4-7-9-5-2-1-3-6-9;11-8(12)6-15-10(16-7-9(13)14)4-2-1-3-5-10;10-8(11)6-4-1-2-5(3-4)7(6)9(12)13;10-8(11)7(9(12)13)6-4-2-1-3-5-6;9-7(10)5-3-1-2-4-6-8(11)12;1-3-7(4-2,5(8)9)6(10)11;7-3-1-2(5(8)9)4(12-3)6(10)11;7-4(8)6(5(9)10)2-1-3-6;1-5(2,3(6)7)4(8)9/h1-14H2,(H,17,18)(H,19,20);1-8H,(H,13,14)(H,15,16);1-7H2,(H,11,12)(H,13,14);1-2,4-7H,3H2,(H,10,11)(H,12,13);1-5,7H,(H,10,11)(H,12,13);1-6H2,(H,9,10)(H,11,12);3-4H2,1-2H3,(H,8,9)(H,10,11);2,4H,1H2,(H,8,9)(H,10,11);1-3H2,(H,7,8)(H,9,10);1-2H3,(H,6,7)(H,8,9)/b;7-4+;;;;;;;;/t;;;4-,5+,6-,7+;;;;;;. The number of carbonyl (C=O) groups is 21. The average Bonchev–Trinajstić information content (AvgIpc) is 1.52. The molecule has 738 valence electrons. The number of rotatable bonds is 47. The van der Waals surface area contributed by atoms with Crippen LogP contribution in [0, 0.1) is 45.8 Å². The molecule has 2 aromatic carbocycles. The van der Waals surface area contributed by atoms with Crippen LogP contribution in [0.25, 0.3) is 6.08 Å². The lowest BCUT2D eigenvalue weighted by Gasteiger charge is -2.35. The molecule has 132 heavy (non-hydrogen) atoms. The number of thioether (sulfide) groups is 2. The van der Waals surface area contributed by atoms with Gasteiger partial charge < -0.3 is 107 Å². The summed E-state index contributed by atoms with van der Waals surface area (Å²) >= 11 is 2.79. The van der Waals surface area contributed by atoms with Gasteiger partial charge in [0.1, 0.15) is 11.5 Å². The first-order valence-corrected chi connectivity index (χ1v) is 43.8. The molecule has 1 aliphatic heterocycles. The smallest absolute Gasteiger partial charge is 0.345 e. The second-order valence-electron chi connectivity index (χ2n) is 30.8. The van der Waals surface area contributed by atoms with Crippen LogP contribution in [0.2, 0.25) is 0 Å². The summed E-state index contributed by atoms with van der Waals surface area (Å²) in [5.74, 6) is -27.4. The zero-order chi connectivity index (χ0) is 102. The molecule has 42 nitrogen and oxygen atoms in total. The number of carbonyl (C=O) groups excluding carboxylic acids is 1. The highest BCUT2D eigenvalue weighted by molar-refractivity contribution is 8.18. The normalized spacial score (nSPS) is 16.9. The van der Waals surface area contributed by atoms with Crippen LogP contribution in [0.5, 0.6) is 0 Å². The summed E-state index contributed by atoms with van der Waals surface area (Å²) in [4.78, 5) is 219. The minimum Gasteiger partial charge on any atom is -0.481 e. The van der Waals surface area contributed by atoms with Crippen LogP contribution in [0.3, 0.4) is 0 Å². The number of hydrogen-bond donors (Lipinski definition) is 20. The van der Waals surface area contributed by atoms with Crippen molar-refractivity contribution in [1.82, 2.24) is 0 Å². The Balaban J connectivity index is -0.00000141. The van der Waals surface area contributed by atoms with Gasteiger partial charge >= 0.3 is 125 Å². The van der Waals surface area contributed by atoms with Gasteiger partial charge in [0.25, 0.3) is 0 Å². The molecule has 1 heterocycles. The molecule has 4 aliphatic carbocycles. The van der Waals surface area contributed by atoms with Crippen LogP contribution in [-0.4, -0.2) is 249 Å². The summed E-state index contributed by atoms with van der Waals surface area (Å²) in [5.41, 5.74) is -4.21. The zero-order valence-electron chi connectivity index (χ0n) is 73.5. The molecule has 20 N–H and O–H groups in total. The Bertz CT molecular complexity index is 4000. The van der Waals surface area contributed by atoms with Crippen molar-refractivity contribution in [3.8, 4) is 0 Å². The van der Waals surface area contributed by atoms with Crippen LogP contribution in [0.1, 0.15) is 250 Å². The number of cyclic esters (lactones) is 1. The molecule has 0 amide bonds. The largest absolute Gasteiger partial charge is 0.481 e. The molecule has 7 rings (SSSR count). The van der Waals surface area contributed by atoms with E-state index in [1.165, 1.54) is 86.7 Å². The fourth-order valence-corrected chi connectivity index (χ4v) is 15.3. The molecule has 0 spiro atoms. The van der Waals surface area contributed by atoms with E-state index in [2.05, 4.69) is 4.74 Å².